The summed E-state index contributed by atoms with van der Waals surface area (Å²) in [4.78, 5) is 16.3. The van der Waals surface area contributed by atoms with Gasteiger partial charge in [0, 0.05) is 11.9 Å². The predicted octanol–water partition coefficient (Wildman–Crippen LogP) is 2.22. The van der Waals surface area contributed by atoms with E-state index in [0.29, 0.717) is 22.6 Å². The monoisotopic (exact) mass is 285 g/mol. The first-order valence-corrected chi connectivity index (χ1v) is 6.31. The Morgan fingerprint density at radius 3 is 2.71 bits per heavy atom. The summed E-state index contributed by atoms with van der Waals surface area (Å²) in [6.45, 7) is -0.162. The van der Waals surface area contributed by atoms with Gasteiger partial charge in [-0.1, -0.05) is 0 Å². The van der Waals surface area contributed by atoms with Gasteiger partial charge in [0.25, 0.3) is 5.91 Å². The van der Waals surface area contributed by atoms with Crippen LogP contribution in [0.25, 0.3) is 5.65 Å². The number of carbonyl (C=O) groups is 1. The van der Waals surface area contributed by atoms with E-state index in [9.17, 15) is 14.3 Å². The van der Waals surface area contributed by atoms with Crippen molar-refractivity contribution in [1.82, 2.24) is 9.38 Å². The number of fused-ring (bicyclic) bond motifs is 1. The summed E-state index contributed by atoms with van der Waals surface area (Å²) < 4.78 is 14.5. The summed E-state index contributed by atoms with van der Waals surface area (Å²) in [5.41, 5.74) is 2.17. The highest BCUT2D eigenvalue weighted by atomic mass is 19.1. The van der Waals surface area contributed by atoms with E-state index in [2.05, 4.69) is 10.3 Å². The van der Waals surface area contributed by atoms with Crippen molar-refractivity contribution in [1.29, 1.82) is 0 Å². The third kappa shape index (κ3) is 2.61. The molecule has 0 unspecified atom stereocenters. The lowest BCUT2D eigenvalue weighted by Gasteiger charge is -2.06. The zero-order chi connectivity index (χ0) is 14.8. The van der Waals surface area contributed by atoms with E-state index >= 15 is 0 Å². The fraction of sp³-hybridized carbons (Fsp3) is 0.0667. The van der Waals surface area contributed by atoms with Crippen molar-refractivity contribution in [3.63, 3.8) is 0 Å². The molecule has 0 atom stereocenters. The van der Waals surface area contributed by atoms with Crippen LogP contribution in [0.15, 0.2) is 48.8 Å². The number of halogens is 1. The van der Waals surface area contributed by atoms with Gasteiger partial charge in [-0.3, -0.25) is 4.79 Å². The van der Waals surface area contributed by atoms with Gasteiger partial charge in [0.05, 0.1) is 24.1 Å². The molecule has 0 saturated carbocycles. The Labute approximate surface area is 119 Å². The second kappa shape index (κ2) is 5.34. The molecule has 0 bridgehead atoms. The molecule has 1 aromatic carbocycles. The number of aliphatic hydroxyl groups is 1. The molecule has 0 aliphatic rings. The average Bonchev–Trinajstić information content (AvgIpc) is 2.91. The molecule has 5 nitrogen and oxygen atoms in total. The Balaban J connectivity index is 1.88. The number of nitrogens with zero attached hydrogens (tertiary/aromatic N) is 2. The molecule has 3 rings (SSSR count). The molecule has 106 valence electrons. The maximum absolute atomic E-state index is 12.8. The van der Waals surface area contributed by atoms with E-state index in [1.54, 1.807) is 28.9 Å². The summed E-state index contributed by atoms with van der Waals surface area (Å²) >= 11 is 0. The molecule has 0 saturated heterocycles. The molecule has 0 spiro atoms. The molecule has 2 N–H and O–H groups in total. The van der Waals surface area contributed by atoms with E-state index in [1.807, 2.05) is 0 Å². The number of anilines is 1. The molecule has 0 aliphatic heterocycles. The van der Waals surface area contributed by atoms with Crippen LogP contribution in [0.5, 0.6) is 0 Å². The zero-order valence-electron chi connectivity index (χ0n) is 11.0. The van der Waals surface area contributed by atoms with Crippen LogP contribution in [-0.2, 0) is 6.61 Å². The highest BCUT2D eigenvalue weighted by Crippen LogP contribution is 2.13. The second-order valence-electron chi connectivity index (χ2n) is 4.51. The van der Waals surface area contributed by atoms with Crippen LogP contribution in [0, 0.1) is 5.82 Å². The molecule has 21 heavy (non-hydrogen) atoms. The minimum atomic E-state index is -0.361. The predicted molar refractivity (Wildman–Crippen MR) is 75.5 cm³/mol. The van der Waals surface area contributed by atoms with Crippen LogP contribution < -0.4 is 5.32 Å². The van der Waals surface area contributed by atoms with Crippen molar-refractivity contribution in [2.75, 3.05) is 5.32 Å². The maximum Gasteiger partial charge on any atom is 0.257 e. The normalized spacial score (nSPS) is 10.8. The lowest BCUT2D eigenvalue weighted by Crippen LogP contribution is -2.12. The summed E-state index contributed by atoms with van der Waals surface area (Å²) in [5, 5.41) is 11.9. The standard InChI is InChI=1S/C15H12FN3O2/c16-11-2-4-12(5-3-11)18-15(21)10-1-6-14-17-7-13(9-20)19(14)8-10/h1-8,20H,9H2,(H,18,21). The van der Waals surface area contributed by atoms with Crippen LogP contribution >= 0.6 is 0 Å². The smallest absolute Gasteiger partial charge is 0.257 e. The molecule has 0 radical (unpaired) electrons. The number of benzene rings is 1. The van der Waals surface area contributed by atoms with Gasteiger partial charge in [-0.25, -0.2) is 9.37 Å². The molecule has 2 heterocycles. The highest BCUT2D eigenvalue weighted by molar-refractivity contribution is 6.04. The van der Waals surface area contributed by atoms with Crippen LogP contribution in [0.1, 0.15) is 16.1 Å². The molecular formula is C15H12FN3O2. The molecule has 6 heteroatoms. The highest BCUT2D eigenvalue weighted by Gasteiger charge is 2.09. The van der Waals surface area contributed by atoms with Crippen LogP contribution in [0.4, 0.5) is 10.1 Å². The Bertz CT molecular complexity index is 796. The summed E-state index contributed by atoms with van der Waals surface area (Å²) in [6.07, 6.45) is 3.16. The molecule has 2 aromatic heterocycles. The topological polar surface area (TPSA) is 66.6 Å². The van der Waals surface area contributed by atoms with Gasteiger partial charge >= 0.3 is 0 Å². The van der Waals surface area contributed by atoms with Crippen LogP contribution in [0.2, 0.25) is 0 Å². The number of aromatic nitrogens is 2. The van der Waals surface area contributed by atoms with Gasteiger partial charge in [-0.05, 0) is 36.4 Å². The van der Waals surface area contributed by atoms with Crippen molar-refractivity contribution in [3.05, 3.63) is 65.9 Å². The number of imidazole rings is 1. The lowest BCUT2D eigenvalue weighted by atomic mass is 10.2. The molecular weight excluding hydrogens is 273 g/mol. The average molecular weight is 285 g/mol. The van der Waals surface area contributed by atoms with Crippen molar-refractivity contribution in [3.8, 4) is 0 Å². The number of nitrogens with one attached hydrogen (secondary N) is 1. The molecule has 3 aromatic rings. The second-order valence-corrected chi connectivity index (χ2v) is 4.51. The minimum absolute atomic E-state index is 0.162. The summed E-state index contributed by atoms with van der Waals surface area (Å²) in [6, 6.07) is 8.86. The third-order valence-electron chi connectivity index (χ3n) is 3.11. The van der Waals surface area contributed by atoms with E-state index in [4.69, 9.17) is 0 Å². The maximum atomic E-state index is 12.8. The number of pyridine rings is 1. The Hall–Kier alpha value is -2.73. The molecule has 1 amide bonds. The zero-order valence-corrected chi connectivity index (χ0v) is 11.0. The van der Waals surface area contributed by atoms with Gasteiger partial charge in [0.2, 0.25) is 0 Å². The summed E-state index contributed by atoms with van der Waals surface area (Å²) in [5.74, 6) is -0.679. The third-order valence-corrected chi connectivity index (χ3v) is 3.11. The van der Waals surface area contributed by atoms with E-state index < -0.39 is 0 Å². The number of carbonyl (C=O) groups excluding carboxylic acids is 1. The van der Waals surface area contributed by atoms with E-state index in [1.165, 1.54) is 24.3 Å². The Morgan fingerprint density at radius 1 is 1.24 bits per heavy atom. The fourth-order valence-corrected chi connectivity index (χ4v) is 2.02. The van der Waals surface area contributed by atoms with Gasteiger partial charge in [0.1, 0.15) is 11.5 Å². The molecule has 0 aliphatic carbocycles. The lowest BCUT2D eigenvalue weighted by molar-refractivity contribution is 0.102. The van der Waals surface area contributed by atoms with Crippen molar-refractivity contribution in [2.24, 2.45) is 0 Å². The van der Waals surface area contributed by atoms with E-state index in [-0.39, 0.29) is 18.3 Å². The SMILES string of the molecule is O=C(Nc1ccc(F)cc1)c1ccc2ncc(CO)n2c1. The van der Waals surface area contributed by atoms with Gasteiger partial charge in [-0.2, -0.15) is 0 Å². The first kappa shape index (κ1) is 13.3. The number of aliphatic hydroxyl groups excluding tert-OH is 1. The largest absolute Gasteiger partial charge is 0.390 e. The van der Waals surface area contributed by atoms with Crippen LogP contribution in [0.3, 0.4) is 0 Å². The van der Waals surface area contributed by atoms with Crippen molar-refractivity contribution < 1.29 is 14.3 Å². The van der Waals surface area contributed by atoms with E-state index in [0.717, 1.165) is 0 Å². The first-order chi connectivity index (χ1) is 10.2. The number of rotatable bonds is 3. The van der Waals surface area contributed by atoms with Gasteiger partial charge < -0.3 is 14.8 Å². The fourth-order valence-electron chi connectivity index (χ4n) is 2.02. The van der Waals surface area contributed by atoms with Crippen molar-refractivity contribution >= 4 is 17.2 Å². The molecule has 0 fully saturated rings. The van der Waals surface area contributed by atoms with Crippen molar-refractivity contribution in [2.45, 2.75) is 6.61 Å². The first-order valence-electron chi connectivity index (χ1n) is 6.31. The number of hydrogen-bond donors (Lipinski definition) is 2. The van der Waals surface area contributed by atoms with Gasteiger partial charge in [0.15, 0.2) is 0 Å². The van der Waals surface area contributed by atoms with Crippen LogP contribution in [-0.4, -0.2) is 20.4 Å². The Kier molecular flexibility index (Phi) is 3.37. The quantitative estimate of drug-likeness (QED) is 0.775. The van der Waals surface area contributed by atoms with Gasteiger partial charge in [-0.15, -0.1) is 0 Å². The minimum Gasteiger partial charge on any atom is -0.390 e. The summed E-state index contributed by atoms with van der Waals surface area (Å²) in [7, 11) is 0. The number of hydrogen-bond acceptors (Lipinski definition) is 3. The number of amides is 1. The Morgan fingerprint density at radius 2 is 2.00 bits per heavy atom.